The Balaban J connectivity index is 0.943. The molecule has 0 aromatic heterocycles. The fraction of sp³-hybridized carbons (Fsp3) is 0.0545. The van der Waals surface area contributed by atoms with Gasteiger partial charge in [0.2, 0.25) is 0 Å². The van der Waals surface area contributed by atoms with Gasteiger partial charge in [-0.2, -0.15) is 0 Å². The smallest absolute Gasteiger partial charge is 0.0465 e. The van der Waals surface area contributed by atoms with Crippen LogP contribution in [0.5, 0.6) is 0 Å². The summed E-state index contributed by atoms with van der Waals surface area (Å²) in [6.07, 6.45) is 0. The number of benzene rings is 9. The van der Waals surface area contributed by atoms with E-state index in [9.17, 15) is 0 Å². The maximum Gasteiger partial charge on any atom is 0.0465 e. The summed E-state index contributed by atoms with van der Waals surface area (Å²) < 4.78 is 0. The molecule has 56 heavy (non-hydrogen) atoms. The molecule has 0 atom stereocenters. The third kappa shape index (κ3) is 5.99. The van der Waals surface area contributed by atoms with E-state index in [0.717, 1.165) is 17.1 Å². The van der Waals surface area contributed by atoms with E-state index in [1.54, 1.807) is 0 Å². The topological polar surface area (TPSA) is 3.24 Å². The van der Waals surface area contributed by atoms with E-state index in [1.807, 2.05) is 0 Å². The van der Waals surface area contributed by atoms with E-state index in [4.69, 9.17) is 0 Å². The monoisotopic (exact) mass is 715 g/mol. The van der Waals surface area contributed by atoms with Crippen molar-refractivity contribution in [3.8, 4) is 55.6 Å². The zero-order valence-electron chi connectivity index (χ0n) is 31.7. The summed E-state index contributed by atoms with van der Waals surface area (Å²) in [5.74, 6) is 0. The van der Waals surface area contributed by atoms with E-state index in [2.05, 4.69) is 231 Å². The molecule has 0 radical (unpaired) electrons. The molecule has 1 nitrogen and oxygen atoms in total. The zero-order chi connectivity index (χ0) is 37.6. The van der Waals surface area contributed by atoms with Crippen LogP contribution in [0.15, 0.2) is 212 Å². The Morgan fingerprint density at radius 1 is 0.286 bits per heavy atom. The van der Waals surface area contributed by atoms with E-state index in [-0.39, 0.29) is 5.41 Å². The van der Waals surface area contributed by atoms with Crippen LogP contribution in [-0.4, -0.2) is 0 Å². The van der Waals surface area contributed by atoms with Gasteiger partial charge in [0.15, 0.2) is 0 Å². The largest absolute Gasteiger partial charge is 0.310 e. The van der Waals surface area contributed by atoms with Crippen molar-refractivity contribution in [3.63, 3.8) is 0 Å². The van der Waals surface area contributed by atoms with Crippen LogP contribution in [0.3, 0.4) is 0 Å². The highest BCUT2D eigenvalue weighted by Crippen LogP contribution is 2.51. The average Bonchev–Trinajstić information content (AvgIpc) is 3.49. The lowest BCUT2D eigenvalue weighted by Crippen LogP contribution is -2.16. The van der Waals surface area contributed by atoms with Crippen molar-refractivity contribution in [3.05, 3.63) is 223 Å². The normalized spacial score (nSPS) is 12.6. The van der Waals surface area contributed by atoms with Gasteiger partial charge in [0.1, 0.15) is 0 Å². The molecule has 9 aromatic rings. The number of hydrogen-bond donors (Lipinski definition) is 0. The van der Waals surface area contributed by atoms with Crippen molar-refractivity contribution in [1.82, 2.24) is 0 Å². The molecule has 0 saturated heterocycles. The van der Waals surface area contributed by atoms with Gasteiger partial charge in [-0.15, -0.1) is 0 Å². The van der Waals surface area contributed by atoms with E-state index < -0.39 is 0 Å². The van der Waals surface area contributed by atoms with Gasteiger partial charge in [-0.05, 0) is 126 Å². The van der Waals surface area contributed by atoms with Crippen LogP contribution < -0.4 is 4.90 Å². The molecule has 266 valence electrons. The van der Waals surface area contributed by atoms with Crippen LogP contribution in [0.4, 0.5) is 17.1 Å². The number of anilines is 3. The second kappa shape index (κ2) is 13.7. The Labute approximate surface area is 329 Å². The average molecular weight is 716 g/mol. The summed E-state index contributed by atoms with van der Waals surface area (Å²) in [7, 11) is 0. The second-order valence-electron chi connectivity index (χ2n) is 15.4. The fourth-order valence-corrected chi connectivity index (χ4v) is 8.58. The molecule has 0 heterocycles. The number of hydrogen-bond acceptors (Lipinski definition) is 1. The Bertz CT molecular complexity index is 2830. The Hall–Kier alpha value is -6.96. The molecule has 1 aliphatic rings. The van der Waals surface area contributed by atoms with Gasteiger partial charge in [0.25, 0.3) is 0 Å². The molecule has 1 heteroatoms. The predicted octanol–water partition coefficient (Wildman–Crippen LogP) is 15.3. The van der Waals surface area contributed by atoms with E-state index >= 15 is 0 Å². The maximum absolute atomic E-state index is 2.42. The van der Waals surface area contributed by atoms with Crippen molar-refractivity contribution >= 4 is 27.8 Å². The van der Waals surface area contributed by atoms with Gasteiger partial charge in [0.05, 0.1) is 0 Å². The van der Waals surface area contributed by atoms with Gasteiger partial charge >= 0.3 is 0 Å². The SMILES string of the molecule is CC1(C)c2cc(-c3ccc4ccccc4c3)ccc2-c2ccc(N(c3ccccc3)c3ccc(-c4ccc(-c5ccc(-c6ccccc6)cc5)cc4)cc3)cc21. The molecule has 0 amide bonds. The van der Waals surface area contributed by atoms with Gasteiger partial charge in [0, 0.05) is 22.5 Å². The first-order valence-corrected chi connectivity index (χ1v) is 19.5. The number of nitrogens with zero attached hydrogens (tertiary/aromatic N) is 1. The molecule has 0 unspecified atom stereocenters. The van der Waals surface area contributed by atoms with E-state index in [1.165, 1.54) is 77.5 Å². The van der Waals surface area contributed by atoms with Crippen LogP contribution in [0.2, 0.25) is 0 Å². The summed E-state index contributed by atoms with van der Waals surface area (Å²) in [6, 6.07) is 77.5. The first-order valence-electron chi connectivity index (χ1n) is 19.5. The Morgan fingerprint density at radius 2 is 0.679 bits per heavy atom. The van der Waals surface area contributed by atoms with Crippen LogP contribution >= 0.6 is 0 Å². The lowest BCUT2D eigenvalue weighted by atomic mass is 9.81. The van der Waals surface area contributed by atoms with Crippen molar-refractivity contribution < 1.29 is 0 Å². The van der Waals surface area contributed by atoms with Crippen molar-refractivity contribution in [1.29, 1.82) is 0 Å². The standard InChI is InChI=1S/C55H41N/c1-55(2)53-36-47(46-26-25-39-13-9-10-14-45(39)35-46)29-33-51(53)52-34-32-50(37-54(52)55)56(48-15-7-4-8-16-48)49-30-27-44(28-31-49)43-23-21-42(22-24-43)41-19-17-40(18-20-41)38-11-5-3-6-12-38/h3-37H,1-2H3. The predicted molar refractivity (Wildman–Crippen MR) is 238 cm³/mol. The molecule has 10 rings (SSSR count). The molecule has 0 aliphatic heterocycles. The molecule has 0 spiro atoms. The fourth-order valence-electron chi connectivity index (χ4n) is 8.58. The molecule has 9 aromatic carbocycles. The molecular weight excluding hydrogens is 675 g/mol. The zero-order valence-corrected chi connectivity index (χ0v) is 31.7. The highest BCUT2D eigenvalue weighted by molar-refractivity contribution is 5.90. The summed E-state index contributed by atoms with van der Waals surface area (Å²) >= 11 is 0. The highest BCUT2D eigenvalue weighted by atomic mass is 15.1. The van der Waals surface area contributed by atoms with Crippen LogP contribution in [0.25, 0.3) is 66.4 Å². The van der Waals surface area contributed by atoms with E-state index in [0.29, 0.717) is 0 Å². The first kappa shape index (κ1) is 33.6. The number of fused-ring (bicyclic) bond motifs is 4. The summed E-state index contributed by atoms with van der Waals surface area (Å²) in [5.41, 5.74) is 18.4. The maximum atomic E-state index is 2.42. The van der Waals surface area contributed by atoms with Crippen molar-refractivity contribution in [2.75, 3.05) is 4.90 Å². The summed E-state index contributed by atoms with van der Waals surface area (Å²) in [4.78, 5) is 2.38. The third-order valence-electron chi connectivity index (χ3n) is 11.7. The highest BCUT2D eigenvalue weighted by Gasteiger charge is 2.36. The molecule has 0 bridgehead atoms. The van der Waals surface area contributed by atoms with Gasteiger partial charge in [-0.3, -0.25) is 0 Å². The first-order chi connectivity index (χ1) is 27.5. The molecule has 1 aliphatic carbocycles. The van der Waals surface area contributed by atoms with Crippen LogP contribution in [-0.2, 0) is 5.41 Å². The van der Waals surface area contributed by atoms with Gasteiger partial charge in [-0.1, -0.05) is 178 Å². The van der Waals surface area contributed by atoms with Crippen molar-refractivity contribution in [2.24, 2.45) is 0 Å². The lowest BCUT2D eigenvalue weighted by Gasteiger charge is -2.28. The second-order valence-corrected chi connectivity index (χ2v) is 15.4. The minimum Gasteiger partial charge on any atom is -0.310 e. The lowest BCUT2D eigenvalue weighted by molar-refractivity contribution is 0.660. The quantitative estimate of drug-likeness (QED) is 0.159. The van der Waals surface area contributed by atoms with Gasteiger partial charge < -0.3 is 4.90 Å². The van der Waals surface area contributed by atoms with Crippen molar-refractivity contribution in [2.45, 2.75) is 19.3 Å². The van der Waals surface area contributed by atoms with Gasteiger partial charge in [-0.25, -0.2) is 0 Å². The molecular formula is C55H41N. The van der Waals surface area contributed by atoms with Crippen LogP contribution in [0.1, 0.15) is 25.0 Å². The molecule has 0 saturated carbocycles. The Kier molecular flexibility index (Phi) is 8.23. The minimum atomic E-state index is -0.157. The van der Waals surface area contributed by atoms with Crippen LogP contribution in [0, 0.1) is 0 Å². The molecule has 0 N–H and O–H groups in total. The Morgan fingerprint density at radius 3 is 1.29 bits per heavy atom. The number of rotatable bonds is 7. The molecule has 0 fully saturated rings. The third-order valence-corrected chi connectivity index (χ3v) is 11.7. The minimum absolute atomic E-state index is 0.157. The number of para-hydroxylation sites is 1. The summed E-state index contributed by atoms with van der Waals surface area (Å²) in [6.45, 7) is 4.75. The summed E-state index contributed by atoms with van der Waals surface area (Å²) in [5, 5.41) is 2.54.